The minimum Gasteiger partial charge on any atom is -0.475 e. The van der Waals surface area contributed by atoms with Crippen molar-refractivity contribution < 1.29 is 9.13 Å². The molecule has 0 spiro atoms. The van der Waals surface area contributed by atoms with Gasteiger partial charge in [-0.15, -0.1) is 0 Å². The van der Waals surface area contributed by atoms with Crippen LogP contribution in [-0.4, -0.2) is 18.3 Å². The fourth-order valence-electron chi connectivity index (χ4n) is 1.91. The molecule has 0 aliphatic rings. The summed E-state index contributed by atoms with van der Waals surface area (Å²) in [5, 5.41) is 0. The van der Waals surface area contributed by atoms with Crippen molar-refractivity contribution in [3.63, 3.8) is 0 Å². The Bertz CT molecular complexity index is 587. The van der Waals surface area contributed by atoms with Gasteiger partial charge in [0.2, 0.25) is 5.88 Å². The molecule has 2 aromatic rings. The molecule has 1 atom stereocenters. The van der Waals surface area contributed by atoms with Crippen LogP contribution in [0.4, 0.5) is 10.1 Å². The maximum absolute atomic E-state index is 12.0. The third-order valence-corrected chi connectivity index (χ3v) is 3.11. The summed E-state index contributed by atoms with van der Waals surface area (Å²) in [4.78, 5) is 7.53. The number of rotatable bonds is 5. The lowest BCUT2D eigenvalue weighted by molar-refractivity contribution is 0.264. The summed E-state index contributed by atoms with van der Waals surface area (Å²) in [6, 6.07) is 11.2. The van der Waals surface area contributed by atoms with Crippen LogP contribution in [-0.2, 0) is 0 Å². The van der Waals surface area contributed by atoms with Crippen LogP contribution in [0.25, 0.3) is 4.85 Å². The molecule has 0 amide bonds. The first-order valence-corrected chi connectivity index (χ1v) is 6.36. The van der Waals surface area contributed by atoms with E-state index in [1.165, 1.54) is 0 Å². The number of pyridine rings is 1. The first-order chi connectivity index (χ1) is 9.74. The van der Waals surface area contributed by atoms with Gasteiger partial charge in [-0.05, 0) is 11.1 Å². The van der Waals surface area contributed by atoms with Gasteiger partial charge in [0.15, 0.2) is 5.69 Å². The first-order valence-electron chi connectivity index (χ1n) is 6.36. The van der Waals surface area contributed by atoms with Crippen molar-refractivity contribution in [2.75, 3.05) is 13.3 Å². The predicted octanol–water partition coefficient (Wildman–Crippen LogP) is 4.13. The molecule has 0 bridgehead atoms. The highest BCUT2D eigenvalue weighted by Crippen LogP contribution is 2.26. The number of hydrogen-bond acceptors (Lipinski definition) is 2. The molecular weight excluding hydrogens is 255 g/mol. The maximum atomic E-state index is 12.0. The molecule has 4 heteroatoms. The van der Waals surface area contributed by atoms with Crippen molar-refractivity contribution in [3.8, 4) is 5.88 Å². The largest absolute Gasteiger partial charge is 0.475 e. The summed E-state index contributed by atoms with van der Waals surface area (Å²) in [5.74, 6) is 0.611. The van der Waals surface area contributed by atoms with Crippen molar-refractivity contribution in [2.24, 2.45) is 0 Å². The average molecular weight is 270 g/mol. The highest BCUT2D eigenvalue weighted by Gasteiger charge is 2.09. The van der Waals surface area contributed by atoms with Gasteiger partial charge < -0.3 is 4.74 Å². The monoisotopic (exact) mass is 270 g/mol. The Morgan fingerprint density at radius 2 is 1.90 bits per heavy atom. The van der Waals surface area contributed by atoms with Crippen molar-refractivity contribution in [3.05, 3.63) is 65.1 Å². The molecule has 1 heterocycles. The Kier molecular flexibility index (Phi) is 4.67. The summed E-state index contributed by atoms with van der Waals surface area (Å²) < 4.78 is 17.1. The second kappa shape index (κ2) is 6.67. The van der Waals surface area contributed by atoms with Crippen LogP contribution in [0.3, 0.4) is 0 Å². The van der Waals surface area contributed by atoms with Gasteiger partial charge in [-0.2, -0.15) is 0 Å². The van der Waals surface area contributed by atoms with E-state index in [1.807, 2.05) is 30.3 Å². The molecule has 1 aromatic heterocycles. The molecule has 102 valence electrons. The summed E-state index contributed by atoms with van der Waals surface area (Å²) in [6.07, 6.45) is 1.74. The van der Waals surface area contributed by atoms with Crippen LogP contribution in [0.5, 0.6) is 5.88 Å². The molecule has 1 aromatic carbocycles. The van der Waals surface area contributed by atoms with E-state index in [0.29, 0.717) is 11.6 Å². The predicted molar refractivity (Wildman–Crippen MR) is 75.9 cm³/mol. The summed E-state index contributed by atoms with van der Waals surface area (Å²) in [5.41, 5.74) is 2.80. The summed E-state index contributed by atoms with van der Waals surface area (Å²) in [6.45, 7) is 8.52. The van der Waals surface area contributed by atoms with E-state index in [4.69, 9.17) is 11.3 Å². The van der Waals surface area contributed by atoms with Gasteiger partial charge in [0.1, 0.15) is 13.3 Å². The number of benzene rings is 1. The van der Waals surface area contributed by atoms with Gasteiger partial charge >= 0.3 is 0 Å². The molecule has 0 saturated carbocycles. The normalized spacial score (nSPS) is 11.7. The Labute approximate surface area is 117 Å². The van der Waals surface area contributed by atoms with Crippen LogP contribution < -0.4 is 4.74 Å². The standard InChI is InChI=1S/C16H15FN2O/c1-12(13-3-6-15(18-2)7-4-13)14-5-8-16(19-11-14)20-10-9-17/h3-8,11-12H,9-10H2,1H3. The zero-order valence-corrected chi connectivity index (χ0v) is 11.2. The zero-order chi connectivity index (χ0) is 14.4. The van der Waals surface area contributed by atoms with Crippen LogP contribution in [0, 0.1) is 6.57 Å². The number of ether oxygens (including phenoxy) is 1. The second-order valence-corrected chi connectivity index (χ2v) is 4.39. The number of halogens is 1. The van der Waals surface area contributed by atoms with E-state index in [-0.39, 0.29) is 12.5 Å². The second-order valence-electron chi connectivity index (χ2n) is 4.39. The minimum absolute atomic E-state index is 0.0278. The van der Waals surface area contributed by atoms with Crippen molar-refractivity contribution in [1.82, 2.24) is 4.98 Å². The Hall–Kier alpha value is -2.41. The Morgan fingerprint density at radius 1 is 1.20 bits per heavy atom. The number of alkyl halides is 1. The van der Waals surface area contributed by atoms with Gasteiger partial charge in [-0.3, -0.25) is 0 Å². The first kappa shape index (κ1) is 14.0. The minimum atomic E-state index is -0.521. The molecule has 0 radical (unpaired) electrons. The average Bonchev–Trinajstić information content (AvgIpc) is 2.53. The van der Waals surface area contributed by atoms with Gasteiger partial charge in [0.05, 0.1) is 6.57 Å². The fourth-order valence-corrected chi connectivity index (χ4v) is 1.91. The molecule has 2 rings (SSSR count). The lowest BCUT2D eigenvalue weighted by atomic mass is 9.94. The Balaban J connectivity index is 2.11. The van der Waals surface area contributed by atoms with Gasteiger partial charge in [-0.25, -0.2) is 14.2 Å². The molecule has 0 saturated heterocycles. The molecule has 1 unspecified atom stereocenters. The molecule has 0 N–H and O–H groups in total. The molecule has 0 fully saturated rings. The molecule has 3 nitrogen and oxygen atoms in total. The SMILES string of the molecule is [C-]#[N+]c1ccc(C(C)c2ccc(OCCF)nc2)cc1. The third kappa shape index (κ3) is 3.33. The van der Waals surface area contributed by atoms with Gasteiger partial charge in [0.25, 0.3) is 0 Å². The quantitative estimate of drug-likeness (QED) is 0.763. The number of aromatic nitrogens is 1. The number of hydrogen-bond donors (Lipinski definition) is 0. The summed E-state index contributed by atoms with van der Waals surface area (Å²) >= 11 is 0. The fraction of sp³-hybridized carbons (Fsp3) is 0.250. The van der Waals surface area contributed by atoms with Crippen molar-refractivity contribution in [1.29, 1.82) is 0 Å². The molecule has 20 heavy (non-hydrogen) atoms. The zero-order valence-electron chi connectivity index (χ0n) is 11.2. The topological polar surface area (TPSA) is 26.5 Å². The molecule has 0 aliphatic carbocycles. The number of nitrogens with zero attached hydrogens (tertiary/aromatic N) is 2. The Morgan fingerprint density at radius 3 is 2.45 bits per heavy atom. The van der Waals surface area contributed by atoms with Gasteiger partial charge in [0, 0.05) is 18.2 Å². The van der Waals surface area contributed by atoms with Crippen molar-refractivity contribution in [2.45, 2.75) is 12.8 Å². The van der Waals surface area contributed by atoms with E-state index in [0.717, 1.165) is 11.1 Å². The smallest absolute Gasteiger partial charge is 0.213 e. The van der Waals surface area contributed by atoms with E-state index in [1.54, 1.807) is 12.3 Å². The van der Waals surface area contributed by atoms with Crippen LogP contribution >= 0.6 is 0 Å². The van der Waals surface area contributed by atoms with Crippen LogP contribution in [0.15, 0.2) is 42.6 Å². The third-order valence-electron chi connectivity index (χ3n) is 3.11. The molecular formula is C16H15FN2O. The van der Waals surface area contributed by atoms with Crippen LogP contribution in [0.2, 0.25) is 0 Å². The van der Waals surface area contributed by atoms with Crippen molar-refractivity contribution >= 4 is 5.69 Å². The lowest BCUT2D eigenvalue weighted by Gasteiger charge is -2.12. The van der Waals surface area contributed by atoms with E-state index >= 15 is 0 Å². The highest BCUT2D eigenvalue weighted by atomic mass is 19.1. The van der Waals surface area contributed by atoms with E-state index in [2.05, 4.69) is 16.8 Å². The lowest BCUT2D eigenvalue weighted by Crippen LogP contribution is -2.02. The van der Waals surface area contributed by atoms with E-state index < -0.39 is 6.67 Å². The van der Waals surface area contributed by atoms with Gasteiger partial charge in [-0.1, -0.05) is 37.3 Å². The maximum Gasteiger partial charge on any atom is 0.213 e. The van der Waals surface area contributed by atoms with E-state index in [9.17, 15) is 4.39 Å². The summed E-state index contributed by atoms with van der Waals surface area (Å²) in [7, 11) is 0. The highest BCUT2D eigenvalue weighted by molar-refractivity contribution is 5.47. The van der Waals surface area contributed by atoms with Crippen LogP contribution in [0.1, 0.15) is 24.0 Å². The molecule has 0 aliphatic heterocycles.